The molecule has 1 N–H and O–H groups in total. The van der Waals surface area contributed by atoms with Crippen molar-refractivity contribution in [1.82, 2.24) is 9.55 Å². The van der Waals surface area contributed by atoms with Crippen molar-refractivity contribution >= 4 is 12.0 Å². The fourth-order valence-corrected chi connectivity index (χ4v) is 2.24. The number of nitrogens with zero attached hydrogens (tertiary/aromatic N) is 4. The topological polar surface area (TPSA) is 107 Å². The number of rotatable bonds is 4. The second-order valence-corrected chi connectivity index (χ2v) is 5.52. The zero-order valence-electron chi connectivity index (χ0n) is 14.1. The number of hydrazone groups is 1. The summed E-state index contributed by atoms with van der Waals surface area (Å²) in [6, 6.07) is 13.9. The molecule has 1 aromatic carbocycles. The predicted octanol–water partition coefficient (Wildman–Crippen LogP) is 1.68. The zero-order valence-corrected chi connectivity index (χ0v) is 14.1. The van der Waals surface area contributed by atoms with Crippen molar-refractivity contribution in [3.8, 4) is 17.4 Å². The Kier molecular flexibility index (Phi) is 4.53. The van der Waals surface area contributed by atoms with Gasteiger partial charge in [0.15, 0.2) is 0 Å². The number of aromatic amines is 1. The van der Waals surface area contributed by atoms with Gasteiger partial charge in [-0.1, -0.05) is 12.1 Å². The van der Waals surface area contributed by atoms with Gasteiger partial charge in [0.25, 0.3) is 5.56 Å². The quantitative estimate of drug-likeness (QED) is 0.569. The Morgan fingerprint density at radius 2 is 2.08 bits per heavy atom. The van der Waals surface area contributed by atoms with E-state index in [1.54, 1.807) is 37.4 Å². The van der Waals surface area contributed by atoms with Crippen molar-refractivity contribution in [1.29, 1.82) is 5.26 Å². The predicted molar refractivity (Wildman–Crippen MR) is 97.2 cm³/mol. The first-order chi connectivity index (χ1) is 12.5. The van der Waals surface area contributed by atoms with Gasteiger partial charge in [-0.3, -0.25) is 19.4 Å². The summed E-state index contributed by atoms with van der Waals surface area (Å²) in [7, 11) is 2.99. The molecular formula is C18H15N5O3. The van der Waals surface area contributed by atoms with Crippen LogP contribution >= 0.6 is 0 Å². The highest BCUT2D eigenvalue weighted by atomic mass is 16.3. The fraction of sp³-hybridized carbons (Fsp3) is 0.111. The number of hydrogen-bond acceptors (Lipinski definition) is 6. The number of nitriles is 1. The molecule has 2 heterocycles. The lowest BCUT2D eigenvalue weighted by Crippen LogP contribution is -2.33. The summed E-state index contributed by atoms with van der Waals surface area (Å²) in [5, 5.41) is 14.5. The smallest absolute Gasteiger partial charge is 0.329 e. The SMILES string of the molecule is CN(/N=C/c1ccc(-c2cccc(C#N)c2)o1)c1cc(=O)n(C)c(=O)[nH]1. The summed E-state index contributed by atoms with van der Waals surface area (Å²) in [4.78, 5) is 25.9. The molecule has 0 saturated heterocycles. The lowest BCUT2D eigenvalue weighted by Gasteiger charge is -2.11. The molecule has 26 heavy (non-hydrogen) atoms. The maximum atomic E-state index is 11.7. The van der Waals surface area contributed by atoms with Crippen LogP contribution in [0.2, 0.25) is 0 Å². The molecule has 0 unspecified atom stereocenters. The summed E-state index contributed by atoms with van der Waals surface area (Å²) in [6.45, 7) is 0. The number of benzene rings is 1. The molecule has 3 aromatic rings. The van der Waals surface area contributed by atoms with E-state index in [9.17, 15) is 9.59 Å². The number of aromatic nitrogens is 2. The minimum atomic E-state index is -0.521. The Labute approximate surface area is 148 Å². The van der Waals surface area contributed by atoms with Crippen LogP contribution in [0.15, 0.2) is 61.6 Å². The number of furan rings is 1. The first kappa shape index (κ1) is 17.0. The molecule has 0 saturated carbocycles. The zero-order chi connectivity index (χ0) is 18.7. The van der Waals surface area contributed by atoms with Crippen molar-refractivity contribution in [2.24, 2.45) is 12.1 Å². The summed E-state index contributed by atoms with van der Waals surface area (Å²) < 4.78 is 6.67. The van der Waals surface area contributed by atoms with Gasteiger partial charge in [-0.25, -0.2) is 4.79 Å². The van der Waals surface area contributed by atoms with Crippen molar-refractivity contribution in [2.45, 2.75) is 0 Å². The van der Waals surface area contributed by atoms with Gasteiger partial charge in [0.05, 0.1) is 17.8 Å². The molecule has 130 valence electrons. The Hall–Kier alpha value is -3.86. The van der Waals surface area contributed by atoms with Crippen LogP contribution in [0.5, 0.6) is 0 Å². The fourth-order valence-electron chi connectivity index (χ4n) is 2.24. The monoisotopic (exact) mass is 349 g/mol. The van der Waals surface area contributed by atoms with E-state index >= 15 is 0 Å². The van der Waals surface area contributed by atoms with Crippen LogP contribution < -0.4 is 16.3 Å². The van der Waals surface area contributed by atoms with E-state index in [-0.39, 0.29) is 5.82 Å². The van der Waals surface area contributed by atoms with E-state index in [0.717, 1.165) is 10.1 Å². The maximum absolute atomic E-state index is 11.7. The van der Waals surface area contributed by atoms with E-state index in [1.165, 1.54) is 24.3 Å². The lowest BCUT2D eigenvalue weighted by atomic mass is 10.1. The van der Waals surface area contributed by atoms with Crippen molar-refractivity contribution < 1.29 is 4.42 Å². The average molecular weight is 349 g/mol. The third kappa shape index (κ3) is 3.47. The molecule has 0 aliphatic rings. The molecule has 0 radical (unpaired) electrons. The normalized spacial score (nSPS) is 10.8. The Bertz CT molecular complexity index is 1100. The maximum Gasteiger partial charge on any atom is 0.329 e. The molecular weight excluding hydrogens is 334 g/mol. The van der Waals surface area contributed by atoms with Gasteiger partial charge < -0.3 is 4.42 Å². The molecule has 8 heteroatoms. The number of H-pyrrole nitrogens is 1. The molecule has 0 bridgehead atoms. The molecule has 8 nitrogen and oxygen atoms in total. The van der Waals surface area contributed by atoms with Crippen molar-refractivity contribution in [2.75, 3.05) is 12.1 Å². The standard InChI is InChI=1S/C18H15N5O3/c1-22-17(24)9-16(21-18(22)25)23(2)20-11-14-6-7-15(26-14)13-5-3-4-12(8-13)10-19/h3-9,11H,1-2H3,(H,21,25)/b20-11+. The Balaban J connectivity index is 1.81. The van der Waals surface area contributed by atoms with Crippen LogP contribution in [0, 0.1) is 11.3 Å². The number of hydrogen-bond donors (Lipinski definition) is 1. The van der Waals surface area contributed by atoms with E-state index in [1.807, 2.05) is 6.07 Å². The summed E-state index contributed by atoms with van der Waals surface area (Å²) in [5.74, 6) is 1.36. The van der Waals surface area contributed by atoms with Crippen LogP contribution in [0.3, 0.4) is 0 Å². The highest BCUT2D eigenvalue weighted by Gasteiger charge is 2.06. The molecule has 0 spiro atoms. The van der Waals surface area contributed by atoms with Gasteiger partial charge in [-0.15, -0.1) is 0 Å². The van der Waals surface area contributed by atoms with E-state index in [2.05, 4.69) is 16.2 Å². The van der Waals surface area contributed by atoms with Crippen molar-refractivity contribution in [3.05, 3.63) is 74.6 Å². The van der Waals surface area contributed by atoms with Gasteiger partial charge in [0, 0.05) is 25.7 Å². The molecule has 0 aliphatic heterocycles. The molecule has 3 rings (SSSR count). The molecule has 0 fully saturated rings. The second-order valence-electron chi connectivity index (χ2n) is 5.52. The third-order valence-electron chi connectivity index (χ3n) is 3.74. The van der Waals surface area contributed by atoms with Gasteiger partial charge >= 0.3 is 5.69 Å². The second kappa shape index (κ2) is 6.94. The lowest BCUT2D eigenvalue weighted by molar-refractivity contribution is 0.574. The summed E-state index contributed by atoms with van der Waals surface area (Å²) >= 11 is 0. The molecule has 0 amide bonds. The summed E-state index contributed by atoms with van der Waals surface area (Å²) in [5.41, 5.74) is 0.382. The molecule has 2 aromatic heterocycles. The minimum absolute atomic E-state index is 0.267. The van der Waals surface area contributed by atoms with E-state index in [0.29, 0.717) is 17.1 Å². The minimum Gasteiger partial charge on any atom is -0.455 e. The molecule has 0 atom stereocenters. The van der Waals surface area contributed by atoms with E-state index in [4.69, 9.17) is 9.68 Å². The number of nitrogens with one attached hydrogen (secondary N) is 1. The third-order valence-corrected chi connectivity index (χ3v) is 3.74. The van der Waals surface area contributed by atoms with E-state index < -0.39 is 11.2 Å². The average Bonchev–Trinajstić information content (AvgIpc) is 3.13. The van der Waals surface area contributed by atoms with Crippen LogP contribution in [0.25, 0.3) is 11.3 Å². The van der Waals surface area contributed by atoms with Gasteiger partial charge in [0.2, 0.25) is 0 Å². The van der Waals surface area contributed by atoms with Crippen LogP contribution in [-0.4, -0.2) is 22.8 Å². The first-order valence-corrected chi connectivity index (χ1v) is 7.66. The Morgan fingerprint density at radius 3 is 2.81 bits per heavy atom. The van der Waals surface area contributed by atoms with Gasteiger partial charge in [0.1, 0.15) is 17.3 Å². The Morgan fingerprint density at radius 1 is 1.27 bits per heavy atom. The van der Waals surface area contributed by atoms with Crippen LogP contribution in [-0.2, 0) is 7.05 Å². The highest BCUT2D eigenvalue weighted by molar-refractivity contribution is 5.78. The van der Waals surface area contributed by atoms with Crippen LogP contribution in [0.4, 0.5) is 5.82 Å². The van der Waals surface area contributed by atoms with Crippen molar-refractivity contribution in [3.63, 3.8) is 0 Å². The molecule has 0 aliphatic carbocycles. The summed E-state index contributed by atoms with van der Waals surface area (Å²) in [6.07, 6.45) is 1.47. The number of anilines is 1. The van der Waals surface area contributed by atoms with Gasteiger partial charge in [-0.05, 0) is 24.3 Å². The highest BCUT2D eigenvalue weighted by Crippen LogP contribution is 2.22. The largest absolute Gasteiger partial charge is 0.455 e. The first-order valence-electron chi connectivity index (χ1n) is 7.66. The van der Waals surface area contributed by atoms with Gasteiger partial charge in [-0.2, -0.15) is 10.4 Å². The van der Waals surface area contributed by atoms with Crippen LogP contribution in [0.1, 0.15) is 11.3 Å².